The molecule has 1 fully saturated rings. The van der Waals surface area contributed by atoms with Crippen LogP contribution in [0.25, 0.3) is 0 Å². The van der Waals surface area contributed by atoms with Gasteiger partial charge in [-0.1, -0.05) is 34.8 Å². The van der Waals surface area contributed by atoms with Gasteiger partial charge in [-0.2, -0.15) is 0 Å². The Morgan fingerprint density at radius 2 is 1.83 bits per heavy atom. The number of alkyl halides is 1. The minimum Gasteiger partial charge on any atom is -0.490 e. The van der Waals surface area contributed by atoms with Crippen LogP contribution in [0.15, 0.2) is 18.2 Å². The van der Waals surface area contributed by atoms with Crippen LogP contribution in [0.2, 0.25) is 0 Å². The van der Waals surface area contributed by atoms with E-state index in [4.69, 9.17) is 9.47 Å². The predicted octanol–water partition coefficient (Wildman–Crippen LogP) is 4.72. The second-order valence-electron chi connectivity index (χ2n) is 4.72. The molecule has 0 heterocycles. The third-order valence-corrected chi connectivity index (χ3v) is 4.07. The van der Waals surface area contributed by atoms with Crippen LogP contribution in [-0.2, 0) is 0 Å². The first-order valence-corrected chi connectivity index (χ1v) is 7.69. The maximum atomic E-state index is 5.66. The van der Waals surface area contributed by atoms with Crippen molar-refractivity contribution >= 4 is 15.9 Å². The fraction of sp³-hybridized carbons (Fsp3) is 0.600. The first-order chi connectivity index (χ1) is 8.74. The normalized spacial score (nSPS) is 16.4. The number of halogens is 1. The zero-order chi connectivity index (χ0) is 13.0. The standard InChI is InChI=1S/C15H21BrO2/c1-3-17-14-8-7-12(10-15(14)18-4-2)13(16)9-11-5-6-11/h7-8,10-11,13H,3-6,9H2,1-2H3. The van der Waals surface area contributed by atoms with E-state index in [0.29, 0.717) is 18.0 Å². The second kappa shape index (κ2) is 6.46. The van der Waals surface area contributed by atoms with E-state index in [9.17, 15) is 0 Å². The molecule has 0 saturated heterocycles. The Morgan fingerprint density at radius 1 is 1.17 bits per heavy atom. The van der Waals surface area contributed by atoms with Crippen LogP contribution >= 0.6 is 15.9 Å². The van der Waals surface area contributed by atoms with Gasteiger partial charge in [-0.3, -0.25) is 0 Å². The third kappa shape index (κ3) is 3.64. The van der Waals surface area contributed by atoms with E-state index >= 15 is 0 Å². The van der Waals surface area contributed by atoms with E-state index in [1.807, 2.05) is 19.9 Å². The van der Waals surface area contributed by atoms with Crippen LogP contribution in [-0.4, -0.2) is 13.2 Å². The molecule has 1 unspecified atom stereocenters. The molecule has 0 aromatic heterocycles. The van der Waals surface area contributed by atoms with Crippen molar-refractivity contribution in [1.82, 2.24) is 0 Å². The number of hydrogen-bond acceptors (Lipinski definition) is 2. The minimum atomic E-state index is 0.430. The molecule has 0 bridgehead atoms. The summed E-state index contributed by atoms with van der Waals surface area (Å²) >= 11 is 3.78. The van der Waals surface area contributed by atoms with Crippen LogP contribution in [0.3, 0.4) is 0 Å². The Bertz CT molecular complexity index is 388. The second-order valence-corrected chi connectivity index (χ2v) is 5.82. The molecule has 1 aromatic carbocycles. The van der Waals surface area contributed by atoms with Gasteiger partial charge in [0, 0.05) is 4.83 Å². The average molecular weight is 313 g/mol. The molecule has 1 aliphatic rings. The van der Waals surface area contributed by atoms with Crippen LogP contribution in [0.5, 0.6) is 11.5 Å². The lowest BCUT2D eigenvalue weighted by molar-refractivity contribution is 0.287. The first-order valence-electron chi connectivity index (χ1n) is 6.78. The highest BCUT2D eigenvalue weighted by Crippen LogP contribution is 2.42. The molecular weight excluding hydrogens is 292 g/mol. The van der Waals surface area contributed by atoms with Crippen LogP contribution in [0.1, 0.15) is 43.5 Å². The molecule has 1 aromatic rings. The minimum absolute atomic E-state index is 0.430. The van der Waals surface area contributed by atoms with Gasteiger partial charge in [0.2, 0.25) is 0 Å². The van der Waals surface area contributed by atoms with E-state index in [1.54, 1.807) is 0 Å². The van der Waals surface area contributed by atoms with Gasteiger partial charge >= 0.3 is 0 Å². The van der Waals surface area contributed by atoms with Gasteiger partial charge < -0.3 is 9.47 Å². The zero-order valence-corrected chi connectivity index (χ0v) is 12.7. The summed E-state index contributed by atoms with van der Waals surface area (Å²) in [5, 5.41) is 0. The van der Waals surface area contributed by atoms with Crippen molar-refractivity contribution in [2.24, 2.45) is 5.92 Å². The van der Waals surface area contributed by atoms with Crippen molar-refractivity contribution in [1.29, 1.82) is 0 Å². The van der Waals surface area contributed by atoms with Crippen LogP contribution < -0.4 is 9.47 Å². The maximum Gasteiger partial charge on any atom is 0.161 e. The fourth-order valence-electron chi connectivity index (χ4n) is 2.04. The molecule has 100 valence electrons. The Hall–Kier alpha value is -0.700. The van der Waals surface area contributed by atoms with Gasteiger partial charge in [-0.05, 0) is 43.9 Å². The van der Waals surface area contributed by atoms with Crippen LogP contribution in [0.4, 0.5) is 0 Å². The van der Waals surface area contributed by atoms with Crippen molar-refractivity contribution < 1.29 is 9.47 Å². The maximum absolute atomic E-state index is 5.66. The lowest BCUT2D eigenvalue weighted by Crippen LogP contribution is -2.00. The van der Waals surface area contributed by atoms with Crippen molar-refractivity contribution in [3.8, 4) is 11.5 Å². The summed E-state index contributed by atoms with van der Waals surface area (Å²) in [6.45, 7) is 5.32. The number of benzene rings is 1. The Balaban J connectivity index is 2.12. The zero-order valence-electron chi connectivity index (χ0n) is 11.1. The smallest absolute Gasteiger partial charge is 0.161 e. The molecule has 3 heteroatoms. The summed E-state index contributed by atoms with van der Waals surface area (Å²) in [6.07, 6.45) is 3.99. The van der Waals surface area contributed by atoms with E-state index in [1.165, 1.54) is 24.8 Å². The molecule has 0 aliphatic heterocycles. The van der Waals surface area contributed by atoms with Gasteiger partial charge in [0.25, 0.3) is 0 Å². The molecule has 0 N–H and O–H groups in total. The molecule has 0 amide bonds. The summed E-state index contributed by atoms with van der Waals surface area (Å²) in [5.41, 5.74) is 1.29. The number of rotatable bonds is 7. The molecular formula is C15H21BrO2. The Morgan fingerprint density at radius 3 is 2.44 bits per heavy atom. The van der Waals surface area contributed by atoms with Gasteiger partial charge in [0.05, 0.1) is 13.2 Å². The molecule has 1 saturated carbocycles. The molecule has 1 atom stereocenters. The third-order valence-electron chi connectivity index (χ3n) is 3.17. The quantitative estimate of drug-likeness (QED) is 0.678. The molecule has 2 nitrogen and oxygen atoms in total. The van der Waals surface area contributed by atoms with E-state index in [-0.39, 0.29) is 0 Å². The van der Waals surface area contributed by atoms with Gasteiger partial charge in [-0.15, -0.1) is 0 Å². The monoisotopic (exact) mass is 312 g/mol. The number of hydrogen-bond donors (Lipinski definition) is 0. The van der Waals surface area contributed by atoms with Crippen molar-refractivity contribution in [2.75, 3.05) is 13.2 Å². The Labute approximate surface area is 118 Å². The van der Waals surface area contributed by atoms with Crippen molar-refractivity contribution in [3.05, 3.63) is 23.8 Å². The summed E-state index contributed by atoms with van der Waals surface area (Å²) in [7, 11) is 0. The SMILES string of the molecule is CCOc1ccc(C(Br)CC2CC2)cc1OCC. The molecule has 1 aliphatic carbocycles. The van der Waals surface area contributed by atoms with E-state index < -0.39 is 0 Å². The molecule has 2 rings (SSSR count). The average Bonchev–Trinajstić information content (AvgIpc) is 3.16. The van der Waals surface area contributed by atoms with Crippen molar-refractivity contribution in [2.45, 2.75) is 37.9 Å². The highest BCUT2D eigenvalue weighted by atomic mass is 79.9. The van der Waals surface area contributed by atoms with Crippen molar-refractivity contribution in [3.63, 3.8) is 0 Å². The summed E-state index contributed by atoms with van der Waals surface area (Å²) < 4.78 is 11.2. The van der Waals surface area contributed by atoms with E-state index in [2.05, 4.69) is 28.1 Å². The van der Waals surface area contributed by atoms with Gasteiger partial charge in [-0.25, -0.2) is 0 Å². The Kier molecular flexibility index (Phi) is 4.93. The van der Waals surface area contributed by atoms with Gasteiger partial charge in [0.15, 0.2) is 11.5 Å². The lowest BCUT2D eigenvalue weighted by atomic mass is 10.1. The summed E-state index contributed by atoms with van der Waals surface area (Å²) in [6, 6.07) is 6.26. The lowest BCUT2D eigenvalue weighted by Gasteiger charge is -2.15. The summed E-state index contributed by atoms with van der Waals surface area (Å²) in [4.78, 5) is 0.430. The molecule has 18 heavy (non-hydrogen) atoms. The van der Waals surface area contributed by atoms with Gasteiger partial charge in [0.1, 0.15) is 0 Å². The fourth-order valence-corrected chi connectivity index (χ4v) is 2.86. The number of ether oxygens (including phenoxy) is 2. The molecule has 0 radical (unpaired) electrons. The largest absolute Gasteiger partial charge is 0.490 e. The molecule has 0 spiro atoms. The first kappa shape index (κ1) is 13.7. The highest BCUT2D eigenvalue weighted by molar-refractivity contribution is 9.09. The van der Waals surface area contributed by atoms with E-state index in [0.717, 1.165) is 17.4 Å². The van der Waals surface area contributed by atoms with Crippen LogP contribution in [0, 0.1) is 5.92 Å². The topological polar surface area (TPSA) is 18.5 Å². The summed E-state index contributed by atoms with van der Waals surface area (Å²) in [5.74, 6) is 2.61. The highest BCUT2D eigenvalue weighted by Gasteiger charge is 2.25. The predicted molar refractivity (Wildman–Crippen MR) is 77.8 cm³/mol.